The smallest absolute Gasteiger partial charge is 0.250 e. The zero-order chi connectivity index (χ0) is 14.3. The second-order valence-corrected chi connectivity index (χ2v) is 5.13. The Morgan fingerprint density at radius 1 is 1.11 bits per heavy atom. The second-order valence-electron chi connectivity index (χ2n) is 5.13. The molecule has 0 aliphatic rings. The van der Waals surface area contributed by atoms with Gasteiger partial charge in [0.25, 0.3) is 5.91 Å². The van der Waals surface area contributed by atoms with Gasteiger partial charge in [-0.15, -0.1) is 0 Å². The molecule has 1 aromatic carbocycles. The van der Waals surface area contributed by atoms with E-state index in [2.05, 4.69) is 32.9 Å². The highest BCUT2D eigenvalue weighted by molar-refractivity contribution is 5.95. The lowest BCUT2D eigenvalue weighted by Gasteiger charge is -2.12. The summed E-state index contributed by atoms with van der Waals surface area (Å²) < 4.78 is 2.02. The van der Waals surface area contributed by atoms with Crippen molar-refractivity contribution in [3.63, 3.8) is 0 Å². The van der Waals surface area contributed by atoms with Gasteiger partial charge in [0.1, 0.15) is 0 Å². The summed E-state index contributed by atoms with van der Waals surface area (Å²) in [6.45, 7) is 8.26. The zero-order valence-electron chi connectivity index (χ0n) is 12.2. The monoisotopic (exact) mass is 256 g/mol. The molecule has 0 unspecified atom stereocenters. The minimum Gasteiger partial charge on any atom is -0.366 e. The van der Waals surface area contributed by atoms with Crippen LogP contribution < -0.4 is 5.73 Å². The van der Waals surface area contributed by atoms with Crippen molar-refractivity contribution in [3.8, 4) is 11.3 Å². The molecule has 19 heavy (non-hydrogen) atoms. The number of rotatable bonds is 2. The van der Waals surface area contributed by atoms with Gasteiger partial charge < -0.3 is 10.3 Å². The van der Waals surface area contributed by atoms with Crippen LogP contribution in [0.4, 0.5) is 0 Å². The summed E-state index contributed by atoms with van der Waals surface area (Å²) >= 11 is 0. The number of hydrogen-bond acceptors (Lipinski definition) is 1. The lowest BCUT2D eigenvalue weighted by molar-refractivity contribution is 0.0999. The summed E-state index contributed by atoms with van der Waals surface area (Å²) in [6.07, 6.45) is 0. The van der Waals surface area contributed by atoms with Crippen LogP contribution in [0.1, 0.15) is 32.7 Å². The van der Waals surface area contributed by atoms with Gasteiger partial charge >= 0.3 is 0 Å². The number of amides is 1. The third kappa shape index (κ3) is 2.05. The van der Waals surface area contributed by atoms with Gasteiger partial charge in [-0.25, -0.2) is 0 Å². The van der Waals surface area contributed by atoms with E-state index in [1.54, 1.807) is 0 Å². The molecule has 1 aromatic heterocycles. The van der Waals surface area contributed by atoms with Crippen LogP contribution in [0.5, 0.6) is 0 Å². The number of hydrogen-bond donors (Lipinski definition) is 1. The quantitative estimate of drug-likeness (QED) is 0.882. The van der Waals surface area contributed by atoms with Gasteiger partial charge in [0.15, 0.2) is 0 Å². The van der Waals surface area contributed by atoms with E-state index in [0.717, 1.165) is 17.0 Å². The average Bonchev–Trinajstić information content (AvgIpc) is 2.64. The van der Waals surface area contributed by atoms with Crippen LogP contribution in [0.3, 0.4) is 0 Å². The molecule has 3 heteroatoms. The number of carbonyl (C=O) groups excluding carboxylic acids is 1. The maximum absolute atomic E-state index is 11.4. The third-order valence-electron chi connectivity index (χ3n) is 4.13. The van der Waals surface area contributed by atoms with Crippen molar-refractivity contribution in [1.82, 2.24) is 4.57 Å². The lowest BCUT2D eigenvalue weighted by Crippen LogP contribution is -2.11. The Morgan fingerprint density at radius 3 is 2.26 bits per heavy atom. The first-order valence-corrected chi connectivity index (χ1v) is 6.38. The van der Waals surface area contributed by atoms with Gasteiger partial charge in [-0.2, -0.15) is 0 Å². The molecule has 0 saturated carbocycles. The minimum atomic E-state index is -0.374. The summed E-state index contributed by atoms with van der Waals surface area (Å²) in [4.78, 5) is 11.4. The second kappa shape index (κ2) is 4.57. The first-order valence-electron chi connectivity index (χ1n) is 6.38. The van der Waals surface area contributed by atoms with E-state index in [9.17, 15) is 4.79 Å². The molecule has 0 fully saturated rings. The van der Waals surface area contributed by atoms with Crippen LogP contribution in [0.2, 0.25) is 0 Å². The van der Waals surface area contributed by atoms with E-state index < -0.39 is 0 Å². The van der Waals surface area contributed by atoms with Crippen molar-refractivity contribution >= 4 is 5.91 Å². The van der Waals surface area contributed by atoms with E-state index in [4.69, 9.17) is 5.73 Å². The summed E-state index contributed by atoms with van der Waals surface area (Å²) in [5.41, 5.74) is 12.9. The van der Waals surface area contributed by atoms with Crippen molar-refractivity contribution in [2.24, 2.45) is 12.8 Å². The molecule has 1 heterocycles. The summed E-state index contributed by atoms with van der Waals surface area (Å²) in [7, 11) is 1.96. The molecule has 2 aromatic rings. The van der Waals surface area contributed by atoms with Crippen molar-refractivity contribution in [2.75, 3.05) is 0 Å². The van der Waals surface area contributed by atoms with E-state index in [1.807, 2.05) is 24.6 Å². The minimum absolute atomic E-state index is 0.374. The van der Waals surface area contributed by atoms with Crippen molar-refractivity contribution in [3.05, 3.63) is 46.1 Å². The molecular weight excluding hydrogens is 236 g/mol. The predicted molar refractivity (Wildman–Crippen MR) is 78.3 cm³/mol. The van der Waals surface area contributed by atoms with Crippen molar-refractivity contribution < 1.29 is 4.79 Å². The highest BCUT2D eigenvalue weighted by Crippen LogP contribution is 2.30. The molecule has 0 saturated heterocycles. The number of nitrogens with two attached hydrogens (primary N) is 1. The highest BCUT2D eigenvalue weighted by atomic mass is 16.1. The summed E-state index contributed by atoms with van der Waals surface area (Å²) in [5, 5.41) is 0. The molecule has 2 rings (SSSR count). The van der Waals surface area contributed by atoms with E-state index in [0.29, 0.717) is 5.56 Å². The lowest BCUT2D eigenvalue weighted by atomic mass is 9.97. The Kier molecular flexibility index (Phi) is 3.23. The number of aromatic nitrogens is 1. The number of aryl methyl sites for hydroxylation is 1. The van der Waals surface area contributed by atoms with Crippen LogP contribution in [-0.2, 0) is 7.05 Å². The third-order valence-corrected chi connectivity index (χ3v) is 4.13. The molecule has 0 spiro atoms. The fraction of sp³-hybridized carbons (Fsp3) is 0.312. The zero-order valence-corrected chi connectivity index (χ0v) is 12.2. The molecule has 100 valence electrons. The van der Waals surface area contributed by atoms with Crippen LogP contribution in [-0.4, -0.2) is 10.5 Å². The molecule has 0 radical (unpaired) electrons. The van der Waals surface area contributed by atoms with Crippen molar-refractivity contribution in [1.29, 1.82) is 0 Å². The normalized spacial score (nSPS) is 10.8. The number of nitrogens with zero attached hydrogens (tertiary/aromatic N) is 1. The first-order chi connectivity index (χ1) is 8.84. The van der Waals surface area contributed by atoms with Gasteiger partial charge in [-0.1, -0.05) is 12.1 Å². The Morgan fingerprint density at radius 2 is 1.74 bits per heavy atom. The molecule has 0 bridgehead atoms. The maximum atomic E-state index is 11.4. The Hall–Kier alpha value is -2.03. The molecule has 1 amide bonds. The molecule has 0 atom stereocenters. The SMILES string of the molecule is Cc1ccc(-c2cc(C(N)=O)c(C)n2C)c(C)c1C. The predicted octanol–water partition coefficient (Wildman–Crippen LogP) is 3.02. The topological polar surface area (TPSA) is 48.0 Å². The fourth-order valence-electron chi connectivity index (χ4n) is 2.44. The average molecular weight is 256 g/mol. The van der Waals surface area contributed by atoms with Gasteiger partial charge in [-0.3, -0.25) is 4.79 Å². The molecule has 0 aliphatic carbocycles. The van der Waals surface area contributed by atoms with Crippen LogP contribution >= 0.6 is 0 Å². The molecule has 3 nitrogen and oxygen atoms in total. The molecule has 0 aliphatic heterocycles. The van der Waals surface area contributed by atoms with Gasteiger partial charge in [0, 0.05) is 24.0 Å². The highest BCUT2D eigenvalue weighted by Gasteiger charge is 2.16. The molecule has 2 N–H and O–H groups in total. The Bertz CT molecular complexity index is 666. The standard InChI is InChI=1S/C16H20N2O/c1-9-6-7-13(11(3)10(9)2)15-8-14(16(17)19)12(4)18(15)5/h6-8H,1-5H3,(H2,17,19). The fourth-order valence-corrected chi connectivity index (χ4v) is 2.44. The van der Waals surface area contributed by atoms with Crippen molar-refractivity contribution in [2.45, 2.75) is 27.7 Å². The summed E-state index contributed by atoms with van der Waals surface area (Å²) in [5.74, 6) is -0.374. The van der Waals surface area contributed by atoms with Gasteiger partial charge in [-0.05, 0) is 50.5 Å². The van der Waals surface area contributed by atoms with E-state index in [1.165, 1.54) is 16.7 Å². The Balaban J connectivity index is 2.70. The van der Waals surface area contributed by atoms with Gasteiger partial charge in [0.05, 0.1) is 5.56 Å². The summed E-state index contributed by atoms with van der Waals surface area (Å²) in [6, 6.07) is 6.11. The Labute approximate surface area is 114 Å². The van der Waals surface area contributed by atoms with Crippen LogP contribution in [0.25, 0.3) is 11.3 Å². The molecular formula is C16H20N2O. The van der Waals surface area contributed by atoms with E-state index in [-0.39, 0.29) is 5.91 Å². The van der Waals surface area contributed by atoms with Crippen LogP contribution in [0.15, 0.2) is 18.2 Å². The number of primary amides is 1. The largest absolute Gasteiger partial charge is 0.366 e. The van der Waals surface area contributed by atoms with Crippen LogP contribution in [0, 0.1) is 27.7 Å². The number of benzene rings is 1. The van der Waals surface area contributed by atoms with E-state index >= 15 is 0 Å². The van der Waals surface area contributed by atoms with Gasteiger partial charge in [0.2, 0.25) is 0 Å². The first kappa shape index (κ1) is 13.4. The maximum Gasteiger partial charge on any atom is 0.250 e. The number of carbonyl (C=O) groups is 1.